The Hall–Kier alpha value is -0.570. The Morgan fingerprint density at radius 1 is 1.55 bits per heavy atom. The van der Waals surface area contributed by atoms with Crippen LogP contribution in [0, 0.1) is 5.41 Å². The van der Waals surface area contributed by atoms with Crippen LogP contribution in [0.1, 0.15) is 27.2 Å². The highest BCUT2D eigenvalue weighted by molar-refractivity contribution is 5.81. The summed E-state index contributed by atoms with van der Waals surface area (Å²) in [6.07, 6.45) is 0.965. The van der Waals surface area contributed by atoms with Crippen LogP contribution in [-0.4, -0.2) is 19.0 Å². The Morgan fingerprint density at radius 3 is 2.45 bits per heavy atom. The van der Waals surface area contributed by atoms with E-state index in [1.165, 1.54) is 0 Å². The number of carbonyl (C=O) groups is 1. The molecule has 0 heterocycles. The number of hydrogen-bond acceptors (Lipinski definition) is 2. The fraction of sp³-hybridized carbons (Fsp3) is 0.875. The summed E-state index contributed by atoms with van der Waals surface area (Å²) in [5, 5.41) is 2.80. The fourth-order valence-electron chi connectivity index (χ4n) is 0.571. The lowest BCUT2D eigenvalue weighted by molar-refractivity contribution is -0.128. The number of rotatable bonds is 4. The van der Waals surface area contributed by atoms with Crippen molar-refractivity contribution in [3.8, 4) is 0 Å². The first-order valence-corrected chi connectivity index (χ1v) is 4.03. The van der Waals surface area contributed by atoms with Crippen molar-refractivity contribution in [1.29, 1.82) is 0 Å². The summed E-state index contributed by atoms with van der Waals surface area (Å²) in [7, 11) is 0. The van der Waals surface area contributed by atoms with E-state index in [0.717, 1.165) is 13.0 Å². The molecule has 0 aromatic heterocycles. The summed E-state index contributed by atoms with van der Waals surface area (Å²) >= 11 is 0. The van der Waals surface area contributed by atoms with E-state index in [0.29, 0.717) is 6.54 Å². The monoisotopic (exact) mass is 158 g/mol. The third-order valence-electron chi connectivity index (χ3n) is 1.66. The maximum Gasteiger partial charge on any atom is 0.226 e. The molecule has 0 bridgehead atoms. The molecule has 0 aromatic carbocycles. The predicted octanol–water partition coefficient (Wildman–Crippen LogP) is 0.497. The topological polar surface area (TPSA) is 55.1 Å². The van der Waals surface area contributed by atoms with Gasteiger partial charge in [0.05, 0.1) is 5.41 Å². The molecule has 3 nitrogen and oxygen atoms in total. The van der Waals surface area contributed by atoms with Gasteiger partial charge in [-0.25, -0.2) is 0 Å². The van der Waals surface area contributed by atoms with Crippen molar-refractivity contribution in [1.82, 2.24) is 5.32 Å². The molecule has 0 spiro atoms. The molecule has 0 saturated carbocycles. The van der Waals surface area contributed by atoms with Gasteiger partial charge in [-0.3, -0.25) is 4.79 Å². The quantitative estimate of drug-likeness (QED) is 0.626. The molecule has 11 heavy (non-hydrogen) atoms. The van der Waals surface area contributed by atoms with Gasteiger partial charge in [0, 0.05) is 13.1 Å². The third-order valence-corrected chi connectivity index (χ3v) is 1.66. The average Bonchev–Trinajstić information content (AvgIpc) is 2.00. The standard InChI is InChI=1S/C8H18N2O/c1-4-5-10-7(11)8(2,3)6-9/h4-6,9H2,1-3H3,(H,10,11). The van der Waals surface area contributed by atoms with E-state index in [4.69, 9.17) is 5.73 Å². The number of hydrogen-bond donors (Lipinski definition) is 2. The van der Waals surface area contributed by atoms with E-state index >= 15 is 0 Å². The van der Waals surface area contributed by atoms with E-state index in [-0.39, 0.29) is 5.91 Å². The van der Waals surface area contributed by atoms with Gasteiger partial charge in [-0.15, -0.1) is 0 Å². The number of amides is 1. The van der Waals surface area contributed by atoms with E-state index < -0.39 is 5.41 Å². The van der Waals surface area contributed by atoms with Crippen LogP contribution in [0.25, 0.3) is 0 Å². The maximum absolute atomic E-state index is 11.3. The van der Waals surface area contributed by atoms with Crippen molar-refractivity contribution in [2.75, 3.05) is 13.1 Å². The highest BCUT2D eigenvalue weighted by Gasteiger charge is 2.24. The number of nitrogens with two attached hydrogens (primary N) is 1. The summed E-state index contributed by atoms with van der Waals surface area (Å²) in [6, 6.07) is 0. The zero-order valence-electron chi connectivity index (χ0n) is 7.61. The van der Waals surface area contributed by atoms with E-state index in [1.807, 2.05) is 20.8 Å². The molecule has 3 heteroatoms. The second-order valence-corrected chi connectivity index (χ2v) is 3.34. The molecule has 1 amide bonds. The van der Waals surface area contributed by atoms with E-state index in [1.54, 1.807) is 0 Å². The molecule has 0 unspecified atom stereocenters. The lowest BCUT2D eigenvalue weighted by Gasteiger charge is -2.20. The van der Waals surface area contributed by atoms with Crippen molar-refractivity contribution >= 4 is 5.91 Å². The van der Waals surface area contributed by atoms with Crippen molar-refractivity contribution < 1.29 is 4.79 Å². The molecule has 0 rings (SSSR count). The molecule has 3 N–H and O–H groups in total. The van der Waals surface area contributed by atoms with E-state index in [9.17, 15) is 4.79 Å². The van der Waals surface area contributed by atoms with Gasteiger partial charge >= 0.3 is 0 Å². The van der Waals surface area contributed by atoms with Gasteiger partial charge in [0.1, 0.15) is 0 Å². The second kappa shape index (κ2) is 4.34. The summed E-state index contributed by atoms with van der Waals surface area (Å²) in [6.45, 7) is 6.84. The largest absolute Gasteiger partial charge is 0.356 e. The first-order valence-electron chi connectivity index (χ1n) is 4.03. The van der Waals surface area contributed by atoms with Crippen LogP contribution in [0.3, 0.4) is 0 Å². The number of carbonyl (C=O) groups excluding carboxylic acids is 1. The van der Waals surface area contributed by atoms with Crippen LogP contribution in [-0.2, 0) is 4.79 Å². The lowest BCUT2D eigenvalue weighted by atomic mass is 9.93. The molecule has 0 fully saturated rings. The van der Waals surface area contributed by atoms with Crippen molar-refractivity contribution in [3.05, 3.63) is 0 Å². The van der Waals surface area contributed by atoms with Crippen LogP contribution >= 0.6 is 0 Å². The molecule has 0 aliphatic heterocycles. The van der Waals surface area contributed by atoms with Gasteiger partial charge in [-0.05, 0) is 20.3 Å². The van der Waals surface area contributed by atoms with Gasteiger partial charge in [-0.1, -0.05) is 6.92 Å². The van der Waals surface area contributed by atoms with Gasteiger partial charge in [-0.2, -0.15) is 0 Å². The lowest BCUT2D eigenvalue weighted by Crippen LogP contribution is -2.41. The van der Waals surface area contributed by atoms with Gasteiger partial charge in [0.15, 0.2) is 0 Å². The van der Waals surface area contributed by atoms with Gasteiger partial charge in [0.2, 0.25) is 5.91 Å². The molecular weight excluding hydrogens is 140 g/mol. The average molecular weight is 158 g/mol. The summed E-state index contributed by atoms with van der Waals surface area (Å²) < 4.78 is 0. The Kier molecular flexibility index (Phi) is 4.11. The smallest absolute Gasteiger partial charge is 0.226 e. The highest BCUT2D eigenvalue weighted by Crippen LogP contribution is 2.11. The van der Waals surface area contributed by atoms with E-state index in [2.05, 4.69) is 5.32 Å². The zero-order chi connectivity index (χ0) is 8.91. The zero-order valence-corrected chi connectivity index (χ0v) is 7.61. The minimum absolute atomic E-state index is 0.0434. The first-order chi connectivity index (χ1) is 5.04. The minimum Gasteiger partial charge on any atom is -0.356 e. The normalized spacial score (nSPS) is 11.3. The number of nitrogens with one attached hydrogen (secondary N) is 1. The minimum atomic E-state index is -0.421. The third kappa shape index (κ3) is 3.37. The maximum atomic E-state index is 11.3. The molecule has 0 atom stereocenters. The molecule has 0 aromatic rings. The molecule has 66 valence electrons. The van der Waals surface area contributed by atoms with Crippen LogP contribution in [0.5, 0.6) is 0 Å². The summed E-state index contributed by atoms with van der Waals surface area (Å²) in [5.41, 5.74) is 5.00. The Balaban J connectivity index is 3.82. The van der Waals surface area contributed by atoms with Gasteiger partial charge < -0.3 is 11.1 Å². The molecule has 0 aliphatic rings. The van der Waals surface area contributed by atoms with Crippen LogP contribution in [0.4, 0.5) is 0 Å². The second-order valence-electron chi connectivity index (χ2n) is 3.34. The molecule has 0 radical (unpaired) electrons. The van der Waals surface area contributed by atoms with Crippen molar-refractivity contribution in [2.45, 2.75) is 27.2 Å². The van der Waals surface area contributed by atoms with Crippen molar-refractivity contribution in [2.24, 2.45) is 11.1 Å². The Labute approximate surface area is 68.3 Å². The van der Waals surface area contributed by atoms with Crippen molar-refractivity contribution in [3.63, 3.8) is 0 Å². The molecule has 0 saturated heterocycles. The molecule has 0 aliphatic carbocycles. The molecular formula is C8H18N2O. The van der Waals surface area contributed by atoms with Crippen LogP contribution in [0.15, 0.2) is 0 Å². The Morgan fingerprint density at radius 2 is 2.09 bits per heavy atom. The predicted molar refractivity (Wildman–Crippen MR) is 46.1 cm³/mol. The van der Waals surface area contributed by atoms with Crippen LogP contribution < -0.4 is 11.1 Å². The van der Waals surface area contributed by atoms with Gasteiger partial charge in [0.25, 0.3) is 0 Å². The summed E-state index contributed by atoms with van der Waals surface area (Å²) in [5.74, 6) is 0.0434. The SMILES string of the molecule is CCCNC(=O)C(C)(C)CN. The fourth-order valence-corrected chi connectivity index (χ4v) is 0.571. The first kappa shape index (κ1) is 10.4. The highest BCUT2D eigenvalue weighted by atomic mass is 16.2. The Bertz CT molecular complexity index is 132. The van der Waals surface area contributed by atoms with Crippen LogP contribution in [0.2, 0.25) is 0 Å². The summed E-state index contributed by atoms with van der Waals surface area (Å²) in [4.78, 5) is 11.3.